The summed E-state index contributed by atoms with van der Waals surface area (Å²) in [7, 11) is 3.52. The van der Waals surface area contributed by atoms with Crippen molar-refractivity contribution in [3.8, 4) is 11.5 Å². The zero-order chi connectivity index (χ0) is 19.2. The quantitative estimate of drug-likeness (QED) is 0.699. The molecule has 27 heavy (non-hydrogen) atoms. The lowest BCUT2D eigenvalue weighted by molar-refractivity contribution is -0.123. The standard InChI is InChI=1S/C21H23N3O3/c1-15-5-4-6-18(13-15)27-14-19(25)23-20(21-22-11-12-24(21)2)16-7-9-17(26-3)10-8-16/h4-13,20H,14H2,1-3H3,(H,23,25). The van der Waals surface area contributed by atoms with Gasteiger partial charge in [0, 0.05) is 19.4 Å². The Morgan fingerprint density at radius 2 is 1.96 bits per heavy atom. The van der Waals surface area contributed by atoms with Gasteiger partial charge in [-0.15, -0.1) is 0 Å². The molecule has 3 aromatic rings. The Balaban J connectivity index is 1.74. The maximum absolute atomic E-state index is 12.5. The minimum Gasteiger partial charge on any atom is -0.497 e. The van der Waals surface area contributed by atoms with E-state index in [4.69, 9.17) is 9.47 Å². The number of nitrogens with one attached hydrogen (secondary N) is 1. The predicted octanol–water partition coefficient (Wildman–Crippen LogP) is 3.02. The summed E-state index contributed by atoms with van der Waals surface area (Å²) in [5.74, 6) is 1.94. The number of carbonyl (C=O) groups is 1. The monoisotopic (exact) mass is 365 g/mol. The molecular weight excluding hydrogens is 342 g/mol. The van der Waals surface area contributed by atoms with Crippen molar-refractivity contribution in [3.63, 3.8) is 0 Å². The number of benzene rings is 2. The lowest BCUT2D eigenvalue weighted by Crippen LogP contribution is -2.34. The smallest absolute Gasteiger partial charge is 0.258 e. The van der Waals surface area contributed by atoms with Crippen LogP contribution in [0.15, 0.2) is 60.9 Å². The third-order valence-corrected chi connectivity index (χ3v) is 4.23. The maximum Gasteiger partial charge on any atom is 0.258 e. The summed E-state index contributed by atoms with van der Waals surface area (Å²) in [6.45, 7) is 1.91. The van der Waals surface area contributed by atoms with Gasteiger partial charge in [-0.3, -0.25) is 4.79 Å². The fraction of sp³-hybridized carbons (Fsp3) is 0.238. The first-order valence-electron chi connectivity index (χ1n) is 8.67. The molecule has 6 nitrogen and oxygen atoms in total. The highest BCUT2D eigenvalue weighted by Crippen LogP contribution is 2.23. The van der Waals surface area contributed by atoms with E-state index < -0.39 is 0 Å². The highest BCUT2D eigenvalue weighted by atomic mass is 16.5. The molecule has 0 aliphatic rings. The molecule has 0 fully saturated rings. The number of imidazole rings is 1. The second-order valence-electron chi connectivity index (χ2n) is 6.28. The van der Waals surface area contributed by atoms with Crippen LogP contribution in [0.3, 0.4) is 0 Å². The molecular formula is C21H23N3O3. The maximum atomic E-state index is 12.5. The van der Waals surface area contributed by atoms with Crippen molar-refractivity contribution in [3.05, 3.63) is 77.9 Å². The van der Waals surface area contributed by atoms with Crippen LogP contribution in [0.5, 0.6) is 11.5 Å². The fourth-order valence-electron chi connectivity index (χ4n) is 2.81. The molecule has 0 radical (unpaired) electrons. The molecule has 1 amide bonds. The van der Waals surface area contributed by atoms with Gasteiger partial charge in [-0.25, -0.2) is 4.98 Å². The van der Waals surface area contributed by atoms with E-state index in [1.54, 1.807) is 13.3 Å². The Kier molecular flexibility index (Phi) is 5.76. The molecule has 0 saturated carbocycles. The van der Waals surface area contributed by atoms with E-state index in [-0.39, 0.29) is 18.6 Å². The Morgan fingerprint density at radius 3 is 2.59 bits per heavy atom. The summed E-state index contributed by atoms with van der Waals surface area (Å²) in [6, 6.07) is 14.8. The summed E-state index contributed by atoms with van der Waals surface area (Å²) in [5.41, 5.74) is 1.99. The van der Waals surface area contributed by atoms with Crippen LogP contribution in [0.25, 0.3) is 0 Å². The predicted molar refractivity (Wildman–Crippen MR) is 103 cm³/mol. The van der Waals surface area contributed by atoms with Gasteiger partial charge >= 0.3 is 0 Å². The van der Waals surface area contributed by atoms with E-state index in [2.05, 4.69) is 10.3 Å². The topological polar surface area (TPSA) is 65.4 Å². The summed E-state index contributed by atoms with van der Waals surface area (Å²) in [5, 5.41) is 3.01. The minimum atomic E-state index is -0.385. The number of aryl methyl sites for hydroxylation is 2. The number of methoxy groups -OCH3 is 1. The Bertz CT molecular complexity index is 903. The molecule has 0 bridgehead atoms. The average Bonchev–Trinajstić information content (AvgIpc) is 3.10. The van der Waals surface area contributed by atoms with Crippen molar-refractivity contribution >= 4 is 5.91 Å². The number of carbonyl (C=O) groups excluding carboxylic acids is 1. The molecule has 1 heterocycles. The normalized spacial score (nSPS) is 11.7. The average molecular weight is 365 g/mol. The lowest BCUT2D eigenvalue weighted by atomic mass is 10.1. The molecule has 0 aliphatic heterocycles. The SMILES string of the molecule is COc1ccc(C(NC(=O)COc2cccc(C)c2)c2nccn2C)cc1. The van der Waals surface area contributed by atoms with E-state index in [0.717, 1.165) is 22.7 Å². The van der Waals surface area contributed by atoms with E-state index in [1.807, 2.05) is 73.3 Å². The van der Waals surface area contributed by atoms with Crippen molar-refractivity contribution in [1.82, 2.24) is 14.9 Å². The van der Waals surface area contributed by atoms with Crippen LogP contribution in [0.4, 0.5) is 0 Å². The van der Waals surface area contributed by atoms with E-state index in [1.165, 1.54) is 0 Å². The summed E-state index contributed by atoms with van der Waals surface area (Å²) < 4.78 is 12.7. The van der Waals surface area contributed by atoms with Gasteiger partial charge < -0.3 is 19.4 Å². The molecule has 3 rings (SSSR count). The van der Waals surface area contributed by atoms with E-state index >= 15 is 0 Å². The number of rotatable bonds is 7. The zero-order valence-corrected chi connectivity index (χ0v) is 15.7. The van der Waals surface area contributed by atoms with Crippen LogP contribution < -0.4 is 14.8 Å². The summed E-state index contributed by atoms with van der Waals surface area (Å²) in [6.07, 6.45) is 3.56. The van der Waals surface area contributed by atoms with Crippen LogP contribution in [-0.4, -0.2) is 29.2 Å². The van der Waals surface area contributed by atoms with Gasteiger partial charge in [0.15, 0.2) is 6.61 Å². The Labute approximate surface area is 158 Å². The van der Waals surface area contributed by atoms with E-state index in [0.29, 0.717) is 5.75 Å². The summed E-state index contributed by atoms with van der Waals surface area (Å²) in [4.78, 5) is 16.9. The third kappa shape index (κ3) is 4.67. The van der Waals surface area contributed by atoms with Crippen LogP contribution in [-0.2, 0) is 11.8 Å². The highest BCUT2D eigenvalue weighted by molar-refractivity contribution is 5.78. The number of amides is 1. The van der Waals surface area contributed by atoms with Gasteiger partial charge in [-0.2, -0.15) is 0 Å². The van der Waals surface area contributed by atoms with Gasteiger partial charge in [0.2, 0.25) is 0 Å². The third-order valence-electron chi connectivity index (χ3n) is 4.23. The second-order valence-corrected chi connectivity index (χ2v) is 6.28. The summed E-state index contributed by atoms with van der Waals surface area (Å²) >= 11 is 0. The van der Waals surface area contributed by atoms with Gasteiger partial charge in [0.05, 0.1) is 7.11 Å². The number of hydrogen-bond acceptors (Lipinski definition) is 4. The molecule has 0 saturated heterocycles. The Hall–Kier alpha value is -3.28. The van der Waals surface area contributed by atoms with Crippen LogP contribution in [0, 0.1) is 6.92 Å². The lowest BCUT2D eigenvalue weighted by Gasteiger charge is -2.19. The van der Waals surface area contributed by atoms with Crippen LogP contribution in [0.1, 0.15) is 23.0 Å². The molecule has 6 heteroatoms. The van der Waals surface area contributed by atoms with Crippen molar-refractivity contribution in [2.24, 2.45) is 7.05 Å². The molecule has 1 unspecified atom stereocenters. The van der Waals surface area contributed by atoms with E-state index in [9.17, 15) is 4.79 Å². The van der Waals surface area contributed by atoms with Crippen LogP contribution in [0.2, 0.25) is 0 Å². The second kappa shape index (κ2) is 8.40. The van der Waals surface area contributed by atoms with Crippen LogP contribution >= 0.6 is 0 Å². The van der Waals surface area contributed by atoms with Crippen molar-refractivity contribution in [2.75, 3.05) is 13.7 Å². The largest absolute Gasteiger partial charge is 0.497 e. The van der Waals surface area contributed by atoms with Crippen molar-refractivity contribution < 1.29 is 14.3 Å². The molecule has 0 spiro atoms. The van der Waals surface area contributed by atoms with Gasteiger partial charge in [0.25, 0.3) is 5.91 Å². The number of nitrogens with zero attached hydrogens (tertiary/aromatic N) is 2. The fourth-order valence-corrected chi connectivity index (χ4v) is 2.81. The zero-order valence-electron chi connectivity index (χ0n) is 15.7. The van der Waals surface area contributed by atoms with Crippen molar-refractivity contribution in [2.45, 2.75) is 13.0 Å². The molecule has 1 N–H and O–H groups in total. The molecule has 0 aliphatic carbocycles. The first-order valence-corrected chi connectivity index (χ1v) is 8.67. The van der Waals surface area contributed by atoms with Gasteiger partial charge in [0.1, 0.15) is 23.4 Å². The van der Waals surface area contributed by atoms with Gasteiger partial charge in [-0.1, -0.05) is 24.3 Å². The molecule has 1 aromatic heterocycles. The number of aromatic nitrogens is 2. The van der Waals surface area contributed by atoms with Gasteiger partial charge in [-0.05, 0) is 42.3 Å². The van der Waals surface area contributed by atoms with Crippen molar-refractivity contribution in [1.29, 1.82) is 0 Å². The molecule has 140 valence electrons. The first-order chi connectivity index (χ1) is 13.1. The number of hydrogen-bond donors (Lipinski definition) is 1. The first kappa shape index (κ1) is 18.5. The molecule has 1 atom stereocenters. The minimum absolute atomic E-state index is 0.0689. The number of ether oxygens (including phenoxy) is 2. The molecule has 2 aromatic carbocycles. The highest BCUT2D eigenvalue weighted by Gasteiger charge is 2.21. The Morgan fingerprint density at radius 1 is 1.19 bits per heavy atom.